The fourth-order valence-corrected chi connectivity index (χ4v) is 11.6. The zero-order valence-corrected chi connectivity index (χ0v) is 63.7. The second-order valence-corrected chi connectivity index (χ2v) is 28.3. The molecule has 0 radical (unpaired) electrons. The predicted molar refractivity (Wildman–Crippen MR) is 408 cm³/mol. The maximum absolute atomic E-state index is 12.9. The second kappa shape index (κ2) is 73.4. The number of hydrogen-bond acceptors (Lipinski definition) is 14. The van der Waals surface area contributed by atoms with Crippen LogP contribution in [0.25, 0.3) is 0 Å². The molecule has 5 unspecified atom stereocenters. The molecule has 0 aromatic rings. The fourth-order valence-electron chi connectivity index (χ4n) is 10.0. The third kappa shape index (κ3) is 74.7. The van der Waals surface area contributed by atoms with Gasteiger partial charge in [-0.05, 0) is 135 Å². The van der Waals surface area contributed by atoms with Crippen molar-refractivity contribution in [1.29, 1.82) is 0 Å². The number of allylic oxidation sites excluding steroid dienone is 22. The summed E-state index contributed by atoms with van der Waals surface area (Å²) >= 11 is 0. The van der Waals surface area contributed by atoms with E-state index in [-0.39, 0.29) is 19.3 Å². The van der Waals surface area contributed by atoms with Crippen molar-refractivity contribution in [2.45, 2.75) is 322 Å². The lowest BCUT2D eigenvalue weighted by molar-refractivity contribution is -0.161. The number of phosphoric acid groups is 2. The third-order valence-electron chi connectivity index (χ3n) is 15.8. The molecule has 18 heteroatoms. The maximum atomic E-state index is 12.9. The van der Waals surface area contributed by atoms with Crippen LogP contribution in [0.1, 0.15) is 303 Å². The molecule has 568 valence electrons. The van der Waals surface area contributed by atoms with Crippen LogP contribution in [0, 0.1) is 0 Å². The SMILES string of the molecule is CC/C=C\C/C=C\C/C=C\C/C=C\C/C=C\C/C=C\CCCCCCCCCCCCCCC(=O)OCC(O)COP(=O)(O)OCC(O)COP(=O)(O)OCC(COC(=O)CCCCCCCC/C=C\C/C=C\C/C=C\C/C=C\CC)OC(=O)CCCCCCC/C=C\CCCCCC. The Labute approximate surface area is 601 Å². The Kier molecular flexibility index (Phi) is 70.2. The highest BCUT2D eigenvalue weighted by molar-refractivity contribution is 7.47. The van der Waals surface area contributed by atoms with Crippen molar-refractivity contribution in [1.82, 2.24) is 0 Å². The topological polar surface area (TPSA) is 231 Å². The molecule has 0 aliphatic carbocycles. The van der Waals surface area contributed by atoms with Crippen LogP contribution >= 0.6 is 15.6 Å². The lowest BCUT2D eigenvalue weighted by Gasteiger charge is -2.21. The molecule has 4 N–H and O–H groups in total. The summed E-state index contributed by atoms with van der Waals surface area (Å²) in [6.07, 6.45) is 87.9. The van der Waals surface area contributed by atoms with Crippen LogP contribution in [-0.4, -0.2) is 95.9 Å². The first-order valence-electron chi connectivity index (χ1n) is 38.5. The molecule has 0 aliphatic rings. The van der Waals surface area contributed by atoms with Gasteiger partial charge in [-0.2, -0.15) is 0 Å². The van der Waals surface area contributed by atoms with Gasteiger partial charge in [0.25, 0.3) is 0 Å². The molecule has 0 fully saturated rings. The monoisotopic (exact) mass is 1430 g/mol. The van der Waals surface area contributed by atoms with E-state index < -0.39 is 91.5 Å². The molecule has 0 aliphatic heterocycles. The summed E-state index contributed by atoms with van der Waals surface area (Å²) in [5.74, 6) is -1.60. The number of phosphoric ester groups is 2. The van der Waals surface area contributed by atoms with Crippen LogP contribution in [0.3, 0.4) is 0 Å². The number of rotatable bonds is 72. The Morgan fingerprint density at radius 2 is 0.535 bits per heavy atom. The van der Waals surface area contributed by atoms with Crippen LogP contribution in [0.4, 0.5) is 0 Å². The number of carbonyl (C=O) groups is 3. The molecule has 0 rings (SSSR count). The maximum Gasteiger partial charge on any atom is 0.472 e. The van der Waals surface area contributed by atoms with E-state index in [1.165, 1.54) is 77.0 Å². The van der Waals surface area contributed by atoms with Crippen LogP contribution in [0.15, 0.2) is 134 Å². The fraction of sp³-hybridized carbons (Fsp3) is 0.691. The van der Waals surface area contributed by atoms with Crippen molar-refractivity contribution >= 4 is 33.6 Å². The van der Waals surface area contributed by atoms with E-state index in [2.05, 4.69) is 154 Å². The lowest BCUT2D eigenvalue weighted by Crippen LogP contribution is -2.30. The zero-order chi connectivity index (χ0) is 72.3. The van der Waals surface area contributed by atoms with E-state index in [0.29, 0.717) is 19.3 Å². The first kappa shape index (κ1) is 94.7. The number of esters is 3. The Bertz CT molecular complexity index is 2330. The summed E-state index contributed by atoms with van der Waals surface area (Å²) in [5.41, 5.74) is 0. The van der Waals surface area contributed by atoms with Gasteiger partial charge in [0.1, 0.15) is 25.4 Å². The van der Waals surface area contributed by atoms with Crippen molar-refractivity contribution in [3.63, 3.8) is 0 Å². The Morgan fingerprint density at radius 1 is 0.293 bits per heavy atom. The average Bonchev–Trinajstić information content (AvgIpc) is 1.02. The number of ether oxygens (including phenoxy) is 3. The van der Waals surface area contributed by atoms with E-state index in [9.17, 15) is 43.5 Å². The van der Waals surface area contributed by atoms with Gasteiger partial charge in [0.2, 0.25) is 0 Å². The second-order valence-electron chi connectivity index (χ2n) is 25.4. The number of hydrogen-bond donors (Lipinski definition) is 4. The summed E-state index contributed by atoms with van der Waals surface area (Å²) in [7, 11) is -9.79. The summed E-state index contributed by atoms with van der Waals surface area (Å²) in [5, 5.41) is 20.6. The Balaban J connectivity index is 4.47. The summed E-state index contributed by atoms with van der Waals surface area (Å²) in [6.45, 7) is 2.41. The molecule has 0 heterocycles. The molecule has 16 nitrogen and oxygen atoms in total. The van der Waals surface area contributed by atoms with Gasteiger partial charge in [-0.15, -0.1) is 0 Å². The lowest BCUT2D eigenvalue weighted by atomic mass is 10.0. The molecule has 0 aromatic carbocycles. The van der Waals surface area contributed by atoms with Gasteiger partial charge in [0.05, 0.1) is 26.4 Å². The largest absolute Gasteiger partial charge is 0.472 e. The first-order valence-corrected chi connectivity index (χ1v) is 41.5. The van der Waals surface area contributed by atoms with Crippen molar-refractivity contribution in [2.24, 2.45) is 0 Å². The molecule has 0 bridgehead atoms. The molecule has 0 spiro atoms. The summed E-state index contributed by atoms with van der Waals surface area (Å²) < 4.78 is 61.0. The van der Waals surface area contributed by atoms with E-state index in [0.717, 1.165) is 167 Å². The van der Waals surface area contributed by atoms with Gasteiger partial charge in [0, 0.05) is 19.3 Å². The molecule has 0 amide bonds. The minimum absolute atomic E-state index is 0.0894. The highest BCUT2D eigenvalue weighted by Gasteiger charge is 2.29. The standard InChI is InChI=1S/C81H138O16P2/c1-4-7-10-13-16-19-22-25-27-29-31-32-33-34-35-36-37-38-39-40-41-42-44-46-47-50-52-55-58-61-64-67-79(84)91-70-76(82)71-93-98(87,88)94-72-77(83)73-95-99(89,90)96-75-78(97-81(86)69-66-63-60-57-54-49-24-21-18-15-12-9-6-3)74-92-80(85)68-65-62-59-56-53-51-48-45-43-30-28-26-23-20-17-14-11-8-5-2/h7-8,10-11,16-17,19-21,24-28,31-32,34-35,37-38,43,45,76-78,82-83H,4-6,9,12-15,18,22-23,29-30,33,36,39-42,44,46-75H2,1-3H3,(H,87,88)(H,89,90)/b10-7-,11-8-,19-16-,20-17-,24-21-,27-25-,28-26-,32-31-,35-34-,38-37-,45-43-. The van der Waals surface area contributed by atoms with Gasteiger partial charge in [-0.25, -0.2) is 9.13 Å². The van der Waals surface area contributed by atoms with E-state index in [1.807, 2.05) is 0 Å². The summed E-state index contributed by atoms with van der Waals surface area (Å²) in [4.78, 5) is 58.5. The van der Waals surface area contributed by atoms with Crippen molar-refractivity contribution < 1.29 is 75.8 Å². The molecular formula is C81H138O16P2. The van der Waals surface area contributed by atoms with E-state index >= 15 is 0 Å². The van der Waals surface area contributed by atoms with Gasteiger partial charge < -0.3 is 34.2 Å². The number of carbonyl (C=O) groups excluding carboxylic acids is 3. The van der Waals surface area contributed by atoms with Gasteiger partial charge in [0.15, 0.2) is 6.10 Å². The molecule has 5 atom stereocenters. The molecular weight excluding hydrogens is 1290 g/mol. The smallest absolute Gasteiger partial charge is 0.463 e. The average molecular weight is 1430 g/mol. The van der Waals surface area contributed by atoms with Crippen LogP contribution in [-0.2, 0) is 55.8 Å². The summed E-state index contributed by atoms with van der Waals surface area (Å²) in [6, 6.07) is 0. The third-order valence-corrected chi connectivity index (χ3v) is 17.7. The quantitative estimate of drug-likeness (QED) is 0.0146. The highest BCUT2D eigenvalue weighted by atomic mass is 31.2. The van der Waals surface area contributed by atoms with E-state index in [1.54, 1.807) is 0 Å². The van der Waals surface area contributed by atoms with Crippen molar-refractivity contribution in [3.05, 3.63) is 134 Å². The van der Waals surface area contributed by atoms with Gasteiger partial charge >= 0.3 is 33.6 Å². The van der Waals surface area contributed by atoms with Crippen LogP contribution < -0.4 is 0 Å². The minimum atomic E-state index is -4.93. The van der Waals surface area contributed by atoms with E-state index in [4.69, 9.17) is 32.3 Å². The van der Waals surface area contributed by atoms with Gasteiger partial charge in [-0.1, -0.05) is 283 Å². The number of aliphatic hydroxyl groups excluding tert-OH is 2. The molecule has 0 saturated carbocycles. The normalized spacial score (nSPS) is 14.8. The highest BCUT2D eigenvalue weighted by Crippen LogP contribution is 2.45. The van der Waals surface area contributed by atoms with Crippen LogP contribution in [0.2, 0.25) is 0 Å². The number of unbranched alkanes of at least 4 members (excludes halogenated alkanes) is 27. The molecule has 0 saturated heterocycles. The first-order chi connectivity index (χ1) is 48.2. The Morgan fingerprint density at radius 3 is 0.859 bits per heavy atom. The van der Waals surface area contributed by atoms with Crippen molar-refractivity contribution in [2.75, 3.05) is 39.6 Å². The number of aliphatic hydroxyl groups is 2. The zero-order valence-electron chi connectivity index (χ0n) is 61.9. The molecule has 99 heavy (non-hydrogen) atoms. The molecule has 0 aromatic heterocycles. The van der Waals surface area contributed by atoms with Crippen molar-refractivity contribution in [3.8, 4) is 0 Å². The van der Waals surface area contributed by atoms with Gasteiger partial charge in [-0.3, -0.25) is 32.5 Å². The predicted octanol–water partition coefficient (Wildman–Crippen LogP) is 22.3. The minimum Gasteiger partial charge on any atom is -0.463 e. The Hall–Kier alpha value is -4.31. The van der Waals surface area contributed by atoms with Crippen LogP contribution in [0.5, 0.6) is 0 Å².